The van der Waals surface area contributed by atoms with Crippen molar-refractivity contribution in [3.63, 3.8) is 0 Å². The molecule has 0 aliphatic rings. The van der Waals surface area contributed by atoms with E-state index in [1.54, 1.807) is 6.26 Å². The van der Waals surface area contributed by atoms with Gasteiger partial charge in [-0.3, -0.25) is 0 Å². The highest BCUT2D eigenvalue weighted by Crippen LogP contribution is 2.09. The van der Waals surface area contributed by atoms with E-state index >= 15 is 0 Å². The molecule has 0 saturated carbocycles. The molecular weight excluding hydrogens is 138 g/mol. The highest BCUT2D eigenvalue weighted by atomic mass is 16.5. The molecule has 0 radical (unpaired) electrons. The lowest BCUT2D eigenvalue weighted by molar-refractivity contribution is 0.139. The summed E-state index contributed by atoms with van der Waals surface area (Å²) in [6.45, 7) is 4.26. The lowest BCUT2D eigenvalue weighted by Gasteiger charge is -2.11. The Morgan fingerprint density at radius 3 is 2.45 bits per heavy atom. The Labute approximate surface area is 69.2 Å². The van der Waals surface area contributed by atoms with Gasteiger partial charge in [-0.2, -0.15) is 5.26 Å². The van der Waals surface area contributed by atoms with Gasteiger partial charge in [-0.05, 0) is 12.8 Å². The van der Waals surface area contributed by atoms with Crippen molar-refractivity contribution in [2.75, 3.05) is 0 Å². The van der Waals surface area contributed by atoms with Crippen LogP contribution < -0.4 is 0 Å². The van der Waals surface area contributed by atoms with Gasteiger partial charge in [0.05, 0.1) is 0 Å². The minimum atomic E-state index is 0.171. The van der Waals surface area contributed by atoms with E-state index in [9.17, 15) is 0 Å². The summed E-state index contributed by atoms with van der Waals surface area (Å²) >= 11 is 0. The van der Waals surface area contributed by atoms with E-state index in [2.05, 4.69) is 13.8 Å². The van der Waals surface area contributed by atoms with Crippen molar-refractivity contribution in [3.05, 3.63) is 0 Å². The van der Waals surface area contributed by atoms with Crippen molar-refractivity contribution in [2.45, 2.75) is 52.1 Å². The molecule has 0 rings (SSSR count). The topological polar surface area (TPSA) is 33.0 Å². The Morgan fingerprint density at radius 2 is 2.00 bits per heavy atom. The van der Waals surface area contributed by atoms with Crippen molar-refractivity contribution < 1.29 is 4.74 Å². The number of ether oxygens (including phenoxy) is 1. The van der Waals surface area contributed by atoms with Gasteiger partial charge < -0.3 is 4.74 Å². The minimum absolute atomic E-state index is 0.171. The SMILES string of the molecule is CCCCC(CCC)OC#N. The van der Waals surface area contributed by atoms with Crippen molar-refractivity contribution in [1.29, 1.82) is 5.26 Å². The molecule has 0 aromatic rings. The number of nitrogens with zero attached hydrogens (tertiary/aromatic N) is 1. The summed E-state index contributed by atoms with van der Waals surface area (Å²) < 4.78 is 4.89. The zero-order valence-corrected chi connectivity index (χ0v) is 7.47. The maximum atomic E-state index is 8.29. The second-order valence-electron chi connectivity index (χ2n) is 2.76. The molecule has 0 aromatic carbocycles. The van der Waals surface area contributed by atoms with E-state index in [0.29, 0.717) is 0 Å². The maximum absolute atomic E-state index is 8.29. The summed E-state index contributed by atoms with van der Waals surface area (Å²) in [7, 11) is 0. The molecule has 0 aliphatic carbocycles. The van der Waals surface area contributed by atoms with Crippen LogP contribution in [0.5, 0.6) is 0 Å². The van der Waals surface area contributed by atoms with Crippen LogP contribution in [0.2, 0.25) is 0 Å². The Kier molecular flexibility index (Phi) is 6.92. The smallest absolute Gasteiger partial charge is 0.286 e. The fourth-order valence-electron chi connectivity index (χ4n) is 1.09. The first kappa shape index (κ1) is 10.3. The van der Waals surface area contributed by atoms with E-state index in [-0.39, 0.29) is 6.10 Å². The van der Waals surface area contributed by atoms with Crippen molar-refractivity contribution in [3.8, 4) is 6.26 Å². The van der Waals surface area contributed by atoms with E-state index in [0.717, 1.165) is 25.7 Å². The predicted octanol–water partition coefficient (Wildman–Crippen LogP) is 2.84. The molecule has 0 saturated heterocycles. The number of hydrogen-bond acceptors (Lipinski definition) is 2. The third-order valence-corrected chi connectivity index (χ3v) is 1.71. The van der Waals surface area contributed by atoms with Crippen LogP contribution in [-0.4, -0.2) is 6.10 Å². The van der Waals surface area contributed by atoms with Crippen LogP contribution >= 0.6 is 0 Å². The average Bonchev–Trinajstić information content (AvgIpc) is 2.01. The summed E-state index contributed by atoms with van der Waals surface area (Å²) in [6.07, 6.45) is 7.39. The molecule has 11 heavy (non-hydrogen) atoms. The van der Waals surface area contributed by atoms with E-state index < -0.39 is 0 Å². The number of nitriles is 1. The fourth-order valence-corrected chi connectivity index (χ4v) is 1.09. The highest BCUT2D eigenvalue weighted by Gasteiger charge is 2.06. The van der Waals surface area contributed by atoms with E-state index in [1.165, 1.54) is 6.42 Å². The molecular formula is C9H17NO. The van der Waals surface area contributed by atoms with Crippen molar-refractivity contribution >= 4 is 0 Å². The van der Waals surface area contributed by atoms with E-state index in [4.69, 9.17) is 10.00 Å². The molecule has 0 amide bonds. The standard InChI is InChI=1S/C9H17NO/c1-3-5-7-9(6-4-2)11-8-10/h9H,3-7H2,1-2H3. The van der Waals surface area contributed by atoms with Gasteiger partial charge in [-0.15, -0.1) is 0 Å². The molecule has 0 N–H and O–H groups in total. The first-order chi connectivity index (χ1) is 5.35. The first-order valence-corrected chi connectivity index (χ1v) is 4.39. The molecule has 0 fully saturated rings. The lowest BCUT2D eigenvalue weighted by Crippen LogP contribution is -2.08. The van der Waals surface area contributed by atoms with Gasteiger partial charge in [-0.25, -0.2) is 0 Å². The normalized spacial score (nSPS) is 12.1. The highest BCUT2D eigenvalue weighted by molar-refractivity contribution is 4.62. The zero-order chi connectivity index (χ0) is 8.53. The largest absolute Gasteiger partial charge is 0.424 e. The van der Waals surface area contributed by atoms with Crippen LogP contribution in [0.3, 0.4) is 0 Å². The van der Waals surface area contributed by atoms with Crippen molar-refractivity contribution in [2.24, 2.45) is 0 Å². The van der Waals surface area contributed by atoms with Crippen LogP contribution in [0.15, 0.2) is 0 Å². The van der Waals surface area contributed by atoms with E-state index in [1.807, 2.05) is 0 Å². The molecule has 1 unspecified atom stereocenters. The quantitative estimate of drug-likeness (QED) is 0.552. The second kappa shape index (κ2) is 7.40. The van der Waals surface area contributed by atoms with Crippen LogP contribution in [-0.2, 0) is 4.74 Å². The van der Waals surface area contributed by atoms with Gasteiger partial charge in [0, 0.05) is 0 Å². The molecule has 0 bridgehead atoms. The monoisotopic (exact) mass is 155 g/mol. The number of rotatable bonds is 6. The van der Waals surface area contributed by atoms with Gasteiger partial charge in [0.15, 0.2) is 0 Å². The van der Waals surface area contributed by atoms with Gasteiger partial charge in [0.25, 0.3) is 6.26 Å². The van der Waals surface area contributed by atoms with Crippen LogP contribution in [0, 0.1) is 11.5 Å². The zero-order valence-electron chi connectivity index (χ0n) is 7.47. The third-order valence-electron chi connectivity index (χ3n) is 1.71. The molecule has 0 aromatic heterocycles. The number of unbranched alkanes of at least 4 members (excludes halogenated alkanes) is 1. The summed E-state index contributed by atoms with van der Waals surface area (Å²) in [6, 6.07) is 0. The molecule has 0 aliphatic heterocycles. The second-order valence-corrected chi connectivity index (χ2v) is 2.76. The molecule has 2 nitrogen and oxygen atoms in total. The molecule has 2 heteroatoms. The summed E-state index contributed by atoms with van der Waals surface area (Å²) in [5.74, 6) is 0. The third kappa shape index (κ3) is 5.72. The van der Waals surface area contributed by atoms with Crippen LogP contribution in [0.25, 0.3) is 0 Å². The fraction of sp³-hybridized carbons (Fsp3) is 0.889. The number of hydrogen-bond donors (Lipinski definition) is 0. The average molecular weight is 155 g/mol. The van der Waals surface area contributed by atoms with Crippen LogP contribution in [0.1, 0.15) is 46.0 Å². The Hall–Kier alpha value is -0.710. The summed E-state index contributed by atoms with van der Waals surface area (Å²) in [4.78, 5) is 0. The lowest BCUT2D eigenvalue weighted by atomic mass is 10.1. The molecule has 1 atom stereocenters. The summed E-state index contributed by atoms with van der Waals surface area (Å²) in [5.41, 5.74) is 0. The Morgan fingerprint density at radius 1 is 1.27 bits per heavy atom. The van der Waals surface area contributed by atoms with Crippen molar-refractivity contribution in [1.82, 2.24) is 0 Å². The predicted molar refractivity (Wildman–Crippen MR) is 44.9 cm³/mol. The first-order valence-electron chi connectivity index (χ1n) is 4.39. The molecule has 0 spiro atoms. The summed E-state index contributed by atoms with van der Waals surface area (Å²) in [5, 5.41) is 8.29. The van der Waals surface area contributed by atoms with Gasteiger partial charge >= 0.3 is 0 Å². The van der Waals surface area contributed by atoms with Gasteiger partial charge in [0.1, 0.15) is 6.10 Å². The van der Waals surface area contributed by atoms with Gasteiger partial charge in [-0.1, -0.05) is 33.1 Å². The Bertz CT molecular complexity index is 117. The molecule has 64 valence electrons. The molecule has 0 heterocycles. The maximum Gasteiger partial charge on any atom is 0.286 e. The van der Waals surface area contributed by atoms with Gasteiger partial charge in [0.2, 0.25) is 0 Å². The van der Waals surface area contributed by atoms with Crippen LogP contribution in [0.4, 0.5) is 0 Å². The minimum Gasteiger partial charge on any atom is -0.424 e. The Balaban J connectivity index is 3.44.